The topological polar surface area (TPSA) is 63.2 Å². The van der Waals surface area contributed by atoms with Crippen LogP contribution in [-0.2, 0) is 35.1 Å². The predicted molar refractivity (Wildman–Crippen MR) is 113 cm³/mol. The molecule has 160 valence electrons. The van der Waals surface area contributed by atoms with Gasteiger partial charge in [0, 0.05) is 12.5 Å². The SMILES string of the molecule is CS[C@@H]1O[C@@H]2COC(c3ccccc3)O[C@@H]2[C@H](OC(C)=O)[C@H]1OCc1ccccc1. The molecule has 0 amide bonds. The van der Waals surface area contributed by atoms with E-state index in [0.29, 0.717) is 13.2 Å². The zero-order valence-corrected chi connectivity index (χ0v) is 17.8. The molecule has 0 N–H and O–H groups in total. The summed E-state index contributed by atoms with van der Waals surface area (Å²) in [6.07, 6.45) is -0.501. The average molecular weight is 431 g/mol. The first-order chi connectivity index (χ1) is 14.7. The monoisotopic (exact) mass is 430 g/mol. The highest BCUT2D eigenvalue weighted by Crippen LogP contribution is 2.38. The minimum atomic E-state index is -0.600. The third kappa shape index (κ3) is 4.87. The fourth-order valence-electron chi connectivity index (χ4n) is 3.78. The van der Waals surface area contributed by atoms with Crippen molar-refractivity contribution < 1.29 is 28.5 Å². The summed E-state index contributed by atoms with van der Waals surface area (Å²) in [5.41, 5.74) is 1.64. The van der Waals surface area contributed by atoms with Crippen LogP contribution in [0.4, 0.5) is 0 Å². The normalized spacial score (nSPS) is 31.0. The number of carbonyl (C=O) groups excluding carboxylic acids is 1. The molecule has 0 aliphatic carbocycles. The molecule has 6 nitrogen and oxygen atoms in total. The third-order valence-corrected chi connectivity index (χ3v) is 6.02. The molecule has 0 spiro atoms. The molecule has 30 heavy (non-hydrogen) atoms. The van der Waals surface area contributed by atoms with Crippen LogP contribution in [0.3, 0.4) is 0 Å². The van der Waals surface area contributed by atoms with E-state index in [2.05, 4.69) is 0 Å². The van der Waals surface area contributed by atoms with Crippen LogP contribution in [0.1, 0.15) is 24.3 Å². The van der Waals surface area contributed by atoms with Gasteiger partial charge in [-0.3, -0.25) is 4.79 Å². The summed E-state index contributed by atoms with van der Waals surface area (Å²) in [7, 11) is 0. The first-order valence-corrected chi connectivity index (χ1v) is 11.3. The number of carbonyl (C=O) groups is 1. The van der Waals surface area contributed by atoms with Crippen LogP contribution >= 0.6 is 11.8 Å². The Bertz CT molecular complexity index is 811. The molecule has 0 radical (unpaired) electrons. The zero-order chi connectivity index (χ0) is 20.9. The van der Waals surface area contributed by atoms with E-state index in [9.17, 15) is 4.79 Å². The molecule has 7 heteroatoms. The molecule has 0 bridgehead atoms. The second-order valence-corrected chi connectivity index (χ2v) is 8.23. The van der Waals surface area contributed by atoms with Gasteiger partial charge in [0.05, 0.1) is 13.2 Å². The number of hydrogen-bond donors (Lipinski definition) is 0. The van der Waals surface area contributed by atoms with Crippen LogP contribution in [0.2, 0.25) is 0 Å². The fraction of sp³-hybridized carbons (Fsp3) is 0.435. The second-order valence-electron chi connectivity index (χ2n) is 7.29. The Labute approximate surface area is 180 Å². The highest BCUT2D eigenvalue weighted by Gasteiger charge is 2.52. The van der Waals surface area contributed by atoms with Crippen LogP contribution in [0.15, 0.2) is 60.7 Å². The maximum atomic E-state index is 11.9. The van der Waals surface area contributed by atoms with Crippen molar-refractivity contribution in [1.29, 1.82) is 0 Å². The molecule has 2 aliphatic rings. The van der Waals surface area contributed by atoms with Gasteiger partial charge in [-0.1, -0.05) is 60.7 Å². The van der Waals surface area contributed by atoms with Gasteiger partial charge in [0.2, 0.25) is 0 Å². The third-order valence-electron chi connectivity index (χ3n) is 5.18. The first kappa shape index (κ1) is 21.3. The van der Waals surface area contributed by atoms with E-state index in [1.807, 2.05) is 66.9 Å². The van der Waals surface area contributed by atoms with Gasteiger partial charge in [0.1, 0.15) is 23.7 Å². The second kappa shape index (κ2) is 9.94. The molecule has 2 saturated heterocycles. The van der Waals surface area contributed by atoms with E-state index >= 15 is 0 Å². The van der Waals surface area contributed by atoms with Gasteiger partial charge < -0.3 is 23.7 Å². The highest BCUT2D eigenvalue weighted by molar-refractivity contribution is 7.99. The molecule has 6 atom stereocenters. The van der Waals surface area contributed by atoms with E-state index < -0.39 is 24.6 Å². The van der Waals surface area contributed by atoms with Crippen molar-refractivity contribution in [2.75, 3.05) is 12.9 Å². The van der Waals surface area contributed by atoms with Crippen molar-refractivity contribution in [3.8, 4) is 0 Å². The number of rotatable bonds is 6. The molecular formula is C23H26O6S. The van der Waals surface area contributed by atoms with Gasteiger partial charge in [-0.25, -0.2) is 0 Å². The van der Waals surface area contributed by atoms with Crippen molar-refractivity contribution in [3.63, 3.8) is 0 Å². The van der Waals surface area contributed by atoms with Crippen molar-refractivity contribution in [3.05, 3.63) is 71.8 Å². The Morgan fingerprint density at radius 1 is 1.03 bits per heavy atom. The lowest BCUT2D eigenvalue weighted by Gasteiger charge is -2.48. The highest BCUT2D eigenvalue weighted by atomic mass is 32.2. The smallest absolute Gasteiger partial charge is 0.303 e. The lowest BCUT2D eigenvalue weighted by Crippen LogP contribution is -2.62. The average Bonchev–Trinajstić information content (AvgIpc) is 2.78. The van der Waals surface area contributed by atoms with Crippen molar-refractivity contribution in [2.45, 2.75) is 49.7 Å². The van der Waals surface area contributed by atoms with Crippen LogP contribution in [0.5, 0.6) is 0 Å². The first-order valence-electron chi connectivity index (χ1n) is 9.98. The number of fused-ring (bicyclic) bond motifs is 1. The van der Waals surface area contributed by atoms with Gasteiger partial charge in [0.25, 0.3) is 0 Å². The van der Waals surface area contributed by atoms with Crippen LogP contribution in [0, 0.1) is 0 Å². The van der Waals surface area contributed by atoms with Crippen molar-refractivity contribution >= 4 is 17.7 Å². The molecule has 2 aliphatic heterocycles. The molecule has 0 aromatic heterocycles. The van der Waals surface area contributed by atoms with Gasteiger partial charge in [0.15, 0.2) is 12.4 Å². The number of hydrogen-bond acceptors (Lipinski definition) is 7. The minimum Gasteiger partial charge on any atom is -0.457 e. The quantitative estimate of drug-likeness (QED) is 0.648. The maximum Gasteiger partial charge on any atom is 0.303 e. The van der Waals surface area contributed by atoms with Crippen LogP contribution in [0.25, 0.3) is 0 Å². The summed E-state index contributed by atoms with van der Waals surface area (Å²) < 4.78 is 30.4. The summed E-state index contributed by atoms with van der Waals surface area (Å²) in [6.45, 7) is 2.14. The van der Waals surface area contributed by atoms with Gasteiger partial charge in [-0.15, -0.1) is 11.8 Å². The zero-order valence-electron chi connectivity index (χ0n) is 17.0. The molecular weight excluding hydrogens is 404 g/mol. The summed E-state index contributed by atoms with van der Waals surface area (Å²) in [4.78, 5) is 11.9. The van der Waals surface area contributed by atoms with Crippen molar-refractivity contribution in [2.24, 2.45) is 0 Å². The van der Waals surface area contributed by atoms with Gasteiger partial charge in [-0.05, 0) is 11.8 Å². The maximum absolute atomic E-state index is 11.9. The largest absolute Gasteiger partial charge is 0.457 e. The molecule has 2 aromatic carbocycles. The van der Waals surface area contributed by atoms with Gasteiger partial charge >= 0.3 is 5.97 Å². The molecule has 2 fully saturated rings. The number of ether oxygens (including phenoxy) is 5. The summed E-state index contributed by atoms with van der Waals surface area (Å²) in [5.74, 6) is -0.375. The van der Waals surface area contributed by atoms with E-state index in [1.165, 1.54) is 18.7 Å². The van der Waals surface area contributed by atoms with Crippen molar-refractivity contribution in [1.82, 2.24) is 0 Å². The standard InChI is InChI=1S/C23H26O6S/c1-15(24)27-20-19-18(14-26-22(29-19)17-11-7-4-8-12-17)28-23(30-2)21(20)25-13-16-9-5-3-6-10-16/h3-12,18-23H,13-14H2,1-2H3/t18-,19+,20+,21-,22?,23+/m1/s1. The fourth-order valence-corrected chi connectivity index (χ4v) is 4.54. The molecule has 2 heterocycles. The van der Waals surface area contributed by atoms with E-state index in [0.717, 1.165) is 11.1 Å². The predicted octanol–water partition coefficient (Wildman–Crippen LogP) is 3.71. The summed E-state index contributed by atoms with van der Waals surface area (Å²) in [6, 6.07) is 19.6. The Morgan fingerprint density at radius 3 is 2.40 bits per heavy atom. The van der Waals surface area contributed by atoms with E-state index in [-0.39, 0.29) is 17.5 Å². The summed E-state index contributed by atoms with van der Waals surface area (Å²) in [5, 5.41) is 0. The molecule has 2 aromatic rings. The minimum absolute atomic E-state index is 0.306. The van der Waals surface area contributed by atoms with Crippen LogP contribution < -0.4 is 0 Å². The number of benzene rings is 2. The molecule has 1 unspecified atom stereocenters. The Kier molecular flexibility index (Phi) is 7.07. The van der Waals surface area contributed by atoms with E-state index in [1.54, 1.807) is 0 Å². The number of thioether (sulfide) groups is 1. The lowest BCUT2D eigenvalue weighted by atomic mass is 9.98. The Balaban J connectivity index is 1.55. The molecule has 4 rings (SSSR count). The number of esters is 1. The Morgan fingerprint density at radius 2 is 1.73 bits per heavy atom. The van der Waals surface area contributed by atoms with Crippen LogP contribution in [-0.4, -0.2) is 48.7 Å². The molecule has 0 saturated carbocycles. The lowest BCUT2D eigenvalue weighted by molar-refractivity contribution is -0.324. The Hall–Kier alpha value is -1.90. The van der Waals surface area contributed by atoms with Gasteiger partial charge in [-0.2, -0.15) is 0 Å². The summed E-state index contributed by atoms with van der Waals surface area (Å²) >= 11 is 1.52. The van der Waals surface area contributed by atoms with E-state index in [4.69, 9.17) is 23.7 Å².